The van der Waals surface area contributed by atoms with E-state index in [0.29, 0.717) is 6.04 Å². The molecule has 0 aliphatic heterocycles. The van der Waals surface area contributed by atoms with E-state index in [4.69, 9.17) is 0 Å². The van der Waals surface area contributed by atoms with E-state index in [2.05, 4.69) is 26.1 Å². The van der Waals surface area contributed by atoms with Gasteiger partial charge < -0.3 is 10.4 Å². The summed E-state index contributed by atoms with van der Waals surface area (Å²) in [7, 11) is 0. The van der Waals surface area contributed by atoms with Crippen LogP contribution in [0.1, 0.15) is 38.3 Å². The third-order valence-corrected chi connectivity index (χ3v) is 3.87. The van der Waals surface area contributed by atoms with Crippen LogP contribution in [0.3, 0.4) is 0 Å². The van der Waals surface area contributed by atoms with E-state index in [1.54, 1.807) is 0 Å². The quantitative estimate of drug-likeness (QED) is 0.847. The summed E-state index contributed by atoms with van der Waals surface area (Å²) in [6, 6.07) is 20.1. The van der Waals surface area contributed by atoms with Crippen molar-refractivity contribution in [3.8, 4) is 0 Å². The van der Waals surface area contributed by atoms with Crippen molar-refractivity contribution >= 4 is 0 Å². The van der Waals surface area contributed by atoms with Gasteiger partial charge in [0, 0.05) is 12.1 Å². The molecule has 0 saturated heterocycles. The molecular weight excluding hydrogens is 258 g/mol. The number of benzene rings is 2. The van der Waals surface area contributed by atoms with E-state index in [1.807, 2.05) is 60.7 Å². The normalized spacial score (nSPS) is 13.4. The minimum absolute atomic E-state index is 0.0395. The van der Waals surface area contributed by atoms with Gasteiger partial charge in [0.2, 0.25) is 0 Å². The SMILES string of the molecule is CCC(NC(C)C)C(O)(c1ccccc1)c1ccccc1. The molecular formula is C19H25NO. The molecule has 0 radical (unpaired) electrons. The van der Waals surface area contributed by atoms with Gasteiger partial charge >= 0.3 is 0 Å². The molecule has 0 aliphatic carbocycles. The van der Waals surface area contributed by atoms with Crippen molar-refractivity contribution in [2.75, 3.05) is 0 Å². The number of rotatable bonds is 6. The molecule has 0 saturated carbocycles. The highest BCUT2D eigenvalue weighted by molar-refractivity contribution is 5.38. The van der Waals surface area contributed by atoms with Crippen LogP contribution in [0.15, 0.2) is 60.7 Å². The number of aliphatic hydroxyl groups is 1. The lowest BCUT2D eigenvalue weighted by atomic mass is 9.79. The van der Waals surface area contributed by atoms with Crippen molar-refractivity contribution < 1.29 is 5.11 Å². The summed E-state index contributed by atoms with van der Waals surface area (Å²) in [5.74, 6) is 0. The van der Waals surface area contributed by atoms with Gasteiger partial charge in [-0.3, -0.25) is 0 Å². The minimum atomic E-state index is -1.03. The van der Waals surface area contributed by atoms with Crippen molar-refractivity contribution in [2.24, 2.45) is 0 Å². The van der Waals surface area contributed by atoms with Gasteiger partial charge in [-0.25, -0.2) is 0 Å². The lowest BCUT2D eigenvalue weighted by molar-refractivity contribution is 0.0322. The first-order valence-electron chi connectivity index (χ1n) is 7.68. The fourth-order valence-electron chi connectivity index (χ4n) is 2.89. The zero-order valence-electron chi connectivity index (χ0n) is 13.1. The van der Waals surface area contributed by atoms with Crippen molar-refractivity contribution in [3.05, 3.63) is 71.8 Å². The summed E-state index contributed by atoms with van der Waals surface area (Å²) in [5.41, 5.74) is 0.828. The van der Waals surface area contributed by atoms with E-state index in [0.717, 1.165) is 17.5 Å². The Morgan fingerprint density at radius 1 is 0.905 bits per heavy atom. The van der Waals surface area contributed by atoms with Crippen LogP contribution in [-0.2, 0) is 5.60 Å². The van der Waals surface area contributed by atoms with Crippen LogP contribution in [0.25, 0.3) is 0 Å². The standard InChI is InChI=1S/C19H25NO/c1-4-18(20-15(2)3)19(21,16-11-7-5-8-12-16)17-13-9-6-10-14-17/h5-15,18,20-21H,4H2,1-3H3. The van der Waals surface area contributed by atoms with E-state index in [9.17, 15) is 5.11 Å². The van der Waals surface area contributed by atoms with Gasteiger partial charge in [0.15, 0.2) is 0 Å². The first-order valence-corrected chi connectivity index (χ1v) is 7.68. The van der Waals surface area contributed by atoms with Gasteiger partial charge in [0.05, 0.1) is 0 Å². The third-order valence-electron chi connectivity index (χ3n) is 3.87. The Bertz CT molecular complexity index is 497. The highest BCUT2D eigenvalue weighted by atomic mass is 16.3. The van der Waals surface area contributed by atoms with Gasteiger partial charge in [0.25, 0.3) is 0 Å². The molecule has 0 aromatic heterocycles. The topological polar surface area (TPSA) is 32.3 Å². The first kappa shape index (κ1) is 15.7. The molecule has 0 spiro atoms. The molecule has 21 heavy (non-hydrogen) atoms. The molecule has 0 aliphatic rings. The largest absolute Gasteiger partial charge is 0.379 e. The monoisotopic (exact) mass is 283 g/mol. The smallest absolute Gasteiger partial charge is 0.130 e. The Kier molecular flexibility index (Phi) is 5.16. The lowest BCUT2D eigenvalue weighted by Crippen LogP contribution is -2.51. The zero-order chi connectivity index (χ0) is 15.3. The fourth-order valence-corrected chi connectivity index (χ4v) is 2.89. The summed E-state index contributed by atoms with van der Waals surface area (Å²) < 4.78 is 0. The predicted octanol–water partition coefficient (Wildman–Crippen LogP) is 3.70. The Morgan fingerprint density at radius 2 is 1.33 bits per heavy atom. The average Bonchev–Trinajstić information content (AvgIpc) is 2.53. The van der Waals surface area contributed by atoms with Gasteiger partial charge in [-0.15, -0.1) is 0 Å². The number of hydrogen-bond donors (Lipinski definition) is 2. The minimum Gasteiger partial charge on any atom is -0.379 e. The molecule has 112 valence electrons. The molecule has 2 aromatic rings. The number of hydrogen-bond acceptors (Lipinski definition) is 2. The van der Waals surface area contributed by atoms with Crippen LogP contribution in [0.2, 0.25) is 0 Å². The van der Waals surface area contributed by atoms with Gasteiger partial charge in [-0.05, 0) is 17.5 Å². The predicted molar refractivity (Wildman–Crippen MR) is 88.2 cm³/mol. The lowest BCUT2D eigenvalue weighted by Gasteiger charge is -2.38. The second-order valence-corrected chi connectivity index (χ2v) is 5.78. The van der Waals surface area contributed by atoms with E-state index < -0.39 is 5.60 Å². The molecule has 2 nitrogen and oxygen atoms in total. The summed E-state index contributed by atoms with van der Waals surface area (Å²) in [6.45, 7) is 6.33. The molecule has 1 unspecified atom stereocenters. The molecule has 2 N–H and O–H groups in total. The first-order chi connectivity index (χ1) is 10.1. The van der Waals surface area contributed by atoms with Crippen LogP contribution in [0, 0.1) is 0 Å². The zero-order valence-corrected chi connectivity index (χ0v) is 13.1. The maximum absolute atomic E-state index is 11.6. The van der Waals surface area contributed by atoms with Gasteiger partial charge in [0.1, 0.15) is 5.60 Å². The van der Waals surface area contributed by atoms with Crippen LogP contribution in [0.4, 0.5) is 0 Å². The van der Waals surface area contributed by atoms with Crippen LogP contribution in [-0.4, -0.2) is 17.2 Å². The Morgan fingerprint density at radius 3 is 1.67 bits per heavy atom. The summed E-state index contributed by atoms with van der Waals surface area (Å²) >= 11 is 0. The maximum Gasteiger partial charge on any atom is 0.130 e. The van der Waals surface area contributed by atoms with E-state index in [1.165, 1.54) is 0 Å². The third kappa shape index (κ3) is 3.34. The maximum atomic E-state index is 11.6. The van der Waals surface area contributed by atoms with E-state index >= 15 is 0 Å². The second-order valence-electron chi connectivity index (χ2n) is 5.78. The van der Waals surface area contributed by atoms with Crippen molar-refractivity contribution in [1.29, 1.82) is 0 Å². The second kappa shape index (κ2) is 6.88. The molecule has 0 heterocycles. The highest BCUT2D eigenvalue weighted by Crippen LogP contribution is 2.34. The fraction of sp³-hybridized carbons (Fsp3) is 0.368. The Hall–Kier alpha value is -1.64. The van der Waals surface area contributed by atoms with Crippen molar-refractivity contribution in [3.63, 3.8) is 0 Å². The van der Waals surface area contributed by atoms with Crippen molar-refractivity contribution in [1.82, 2.24) is 5.32 Å². The molecule has 2 rings (SSSR count). The molecule has 2 aromatic carbocycles. The number of nitrogens with one attached hydrogen (secondary N) is 1. The highest BCUT2D eigenvalue weighted by Gasteiger charge is 2.39. The Labute approximate surface area is 127 Å². The molecule has 0 fully saturated rings. The van der Waals surface area contributed by atoms with E-state index in [-0.39, 0.29) is 6.04 Å². The van der Waals surface area contributed by atoms with Crippen LogP contribution < -0.4 is 5.32 Å². The molecule has 1 atom stereocenters. The van der Waals surface area contributed by atoms with Crippen molar-refractivity contribution in [2.45, 2.75) is 44.9 Å². The molecule has 0 bridgehead atoms. The van der Waals surface area contributed by atoms with Crippen LogP contribution >= 0.6 is 0 Å². The average molecular weight is 283 g/mol. The van der Waals surface area contributed by atoms with Gasteiger partial charge in [-0.1, -0.05) is 81.4 Å². The van der Waals surface area contributed by atoms with Gasteiger partial charge in [-0.2, -0.15) is 0 Å². The molecule has 2 heteroatoms. The molecule has 0 amide bonds. The Balaban J connectivity index is 2.53. The summed E-state index contributed by atoms with van der Waals surface area (Å²) in [4.78, 5) is 0. The summed E-state index contributed by atoms with van der Waals surface area (Å²) in [5, 5.41) is 15.1. The van der Waals surface area contributed by atoms with Crippen LogP contribution in [0.5, 0.6) is 0 Å². The summed E-state index contributed by atoms with van der Waals surface area (Å²) in [6.07, 6.45) is 0.846.